The maximum atomic E-state index is 12.8. The van der Waals surface area contributed by atoms with Crippen LogP contribution in [0, 0.1) is 6.92 Å². The Kier molecular flexibility index (Phi) is 3.51. The molecule has 0 radical (unpaired) electrons. The highest BCUT2D eigenvalue weighted by Crippen LogP contribution is 2.25. The Labute approximate surface area is 141 Å². The van der Waals surface area contributed by atoms with Gasteiger partial charge in [0, 0.05) is 34.6 Å². The Bertz CT molecular complexity index is 1010. The van der Waals surface area contributed by atoms with Crippen molar-refractivity contribution in [3.05, 3.63) is 102 Å². The van der Waals surface area contributed by atoms with Gasteiger partial charge in [0.2, 0.25) is 0 Å². The summed E-state index contributed by atoms with van der Waals surface area (Å²) in [6.45, 7) is 1.98. The number of benzene rings is 2. The van der Waals surface area contributed by atoms with Gasteiger partial charge in [0.1, 0.15) is 0 Å². The van der Waals surface area contributed by atoms with Crippen molar-refractivity contribution in [1.29, 1.82) is 0 Å². The quantitative estimate of drug-likeness (QED) is 0.480. The normalized spacial score (nSPS) is 10.9. The Morgan fingerprint density at radius 1 is 0.792 bits per heavy atom. The predicted octanol–water partition coefficient (Wildman–Crippen LogP) is 5.15. The van der Waals surface area contributed by atoms with Gasteiger partial charge in [-0.2, -0.15) is 0 Å². The third-order valence-electron chi connectivity index (χ3n) is 4.32. The van der Waals surface area contributed by atoms with E-state index >= 15 is 0 Å². The van der Waals surface area contributed by atoms with Gasteiger partial charge in [-0.25, -0.2) is 0 Å². The first kappa shape index (κ1) is 14.5. The summed E-state index contributed by atoms with van der Waals surface area (Å²) >= 11 is 0. The molecule has 2 aromatic carbocycles. The smallest absolute Gasteiger partial charge is 0.193 e. The standard InChI is InChI=1S/C22H17NO/c1-16-14-23-15-19(17-8-4-2-5-9-17)12-20(23)13-21(16)22(24)18-10-6-3-7-11-18/h2-15H,1H3. The number of hydrogen-bond acceptors (Lipinski definition) is 1. The summed E-state index contributed by atoms with van der Waals surface area (Å²) in [6.07, 6.45) is 4.13. The number of rotatable bonds is 3. The van der Waals surface area contributed by atoms with Gasteiger partial charge >= 0.3 is 0 Å². The highest BCUT2D eigenvalue weighted by molar-refractivity contribution is 6.10. The van der Waals surface area contributed by atoms with Crippen LogP contribution in [0.5, 0.6) is 0 Å². The lowest BCUT2D eigenvalue weighted by atomic mass is 10.0. The van der Waals surface area contributed by atoms with Crippen molar-refractivity contribution < 1.29 is 4.79 Å². The highest BCUT2D eigenvalue weighted by Gasteiger charge is 2.13. The number of fused-ring (bicyclic) bond motifs is 1. The lowest BCUT2D eigenvalue weighted by molar-refractivity contribution is 0.103. The number of pyridine rings is 1. The van der Waals surface area contributed by atoms with Crippen molar-refractivity contribution in [2.75, 3.05) is 0 Å². The SMILES string of the molecule is Cc1cn2cc(-c3ccccc3)cc2cc1C(=O)c1ccccc1. The van der Waals surface area contributed by atoms with Gasteiger partial charge in [-0.1, -0.05) is 60.7 Å². The molecule has 0 spiro atoms. The summed E-state index contributed by atoms with van der Waals surface area (Å²) in [5.41, 5.74) is 5.81. The fourth-order valence-corrected chi connectivity index (χ4v) is 3.04. The van der Waals surface area contributed by atoms with Gasteiger partial charge in [0.25, 0.3) is 0 Å². The van der Waals surface area contributed by atoms with E-state index in [2.05, 4.69) is 28.8 Å². The second-order valence-electron chi connectivity index (χ2n) is 5.99. The Morgan fingerprint density at radius 3 is 2.17 bits per heavy atom. The van der Waals surface area contributed by atoms with Crippen LogP contribution in [0.4, 0.5) is 0 Å². The Morgan fingerprint density at radius 2 is 1.46 bits per heavy atom. The van der Waals surface area contributed by atoms with Crippen LogP contribution in [0.3, 0.4) is 0 Å². The zero-order chi connectivity index (χ0) is 16.5. The zero-order valence-corrected chi connectivity index (χ0v) is 13.4. The van der Waals surface area contributed by atoms with Crippen LogP contribution in [-0.2, 0) is 0 Å². The second kappa shape index (κ2) is 5.82. The lowest BCUT2D eigenvalue weighted by Gasteiger charge is -2.06. The first-order chi connectivity index (χ1) is 11.7. The maximum Gasteiger partial charge on any atom is 0.193 e. The van der Waals surface area contributed by atoms with Crippen LogP contribution in [0.15, 0.2) is 85.2 Å². The van der Waals surface area contributed by atoms with E-state index in [4.69, 9.17) is 0 Å². The molecule has 2 nitrogen and oxygen atoms in total. The molecule has 2 heterocycles. The molecule has 0 saturated carbocycles. The molecule has 0 aliphatic carbocycles. The third kappa shape index (κ3) is 2.52. The van der Waals surface area contributed by atoms with E-state index in [-0.39, 0.29) is 5.78 Å². The summed E-state index contributed by atoms with van der Waals surface area (Å²) in [4.78, 5) is 12.8. The van der Waals surface area contributed by atoms with Crippen LogP contribution in [0.1, 0.15) is 21.5 Å². The molecule has 0 atom stereocenters. The minimum absolute atomic E-state index is 0.0676. The third-order valence-corrected chi connectivity index (χ3v) is 4.32. The highest BCUT2D eigenvalue weighted by atomic mass is 16.1. The average Bonchev–Trinajstić information content (AvgIpc) is 3.05. The number of aryl methyl sites for hydroxylation is 1. The van der Waals surface area contributed by atoms with Crippen molar-refractivity contribution in [1.82, 2.24) is 4.40 Å². The van der Waals surface area contributed by atoms with E-state index in [9.17, 15) is 4.79 Å². The van der Waals surface area contributed by atoms with Crippen molar-refractivity contribution in [3.8, 4) is 11.1 Å². The zero-order valence-electron chi connectivity index (χ0n) is 13.4. The molecule has 0 saturated heterocycles. The molecule has 0 aliphatic heterocycles. The molecule has 2 heteroatoms. The van der Waals surface area contributed by atoms with Crippen molar-refractivity contribution in [2.24, 2.45) is 0 Å². The Hall–Kier alpha value is -3.13. The largest absolute Gasteiger partial charge is 0.323 e. The number of ketones is 1. The van der Waals surface area contributed by atoms with E-state index in [0.717, 1.165) is 27.8 Å². The van der Waals surface area contributed by atoms with Crippen molar-refractivity contribution in [2.45, 2.75) is 6.92 Å². The van der Waals surface area contributed by atoms with Crippen molar-refractivity contribution >= 4 is 11.3 Å². The van der Waals surface area contributed by atoms with Crippen LogP contribution in [0.2, 0.25) is 0 Å². The van der Waals surface area contributed by atoms with Gasteiger partial charge in [0.15, 0.2) is 5.78 Å². The predicted molar refractivity (Wildman–Crippen MR) is 97.4 cm³/mol. The summed E-state index contributed by atoms with van der Waals surface area (Å²) in [5, 5.41) is 0. The van der Waals surface area contributed by atoms with Gasteiger partial charge in [0.05, 0.1) is 0 Å². The fraction of sp³-hybridized carbons (Fsp3) is 0.0455. The summed E-state index contributed by atoms with van der Waals surface area (Å²) in [5.74, 6) is 0.0676. The molecule has 0 bridgehead atoms. The van der Waals surface area contributed by atoms with Crippen LogP contribution >= 0.6 is 0 Å². The van der Waals surface area contributed by atoms with E-state index in [1.54, 1.807) is 0 Å². The van der Waals surface area contributed by atoms with Crippen molar-refractivity contribution in [3.63, 3.8) is 0 Å². The second-order valence-corrected chi connectivity index (χ2v) is 5.99. The molecular weight excluding hydrogens is 294 g/mol. The maximum absolute atomic E-state index is 12.8. The minimum Gasteiger partial charge on any atom is -0.323 e. The number of nitrogens with zero attached hydrogens (tertiary/aromatic N) is 1. The number of hydrogen-bond donors (Lipinski definition) is 0. The molecule has 24 heavy (non-hydrogen) atoms. The summed E-state index contributed by atoms with van der Waals surface area (Å²) in [7, 11) is 0. The molecule has 0 unspecified atom stereocenters. The monoisotopic (exact) mass is 311 g/mol. The number of aromatic nitrogens is 1. The molecule has 0 aliphatic rings. The average molecular weight is 311 g/mol. The first-order valence-electron chi connectivity index (χ1n) is 8.00. The fourth-order valence-electron chi connectivity index (χ4n) is 3.04. The lowest BCUT2D eigenvalue weighted by Crippen LogP contribution is -2.04. The number of carbonyl (C=O) groups excluding carboxylic acids is 1. The van der Waals surface area contributed by atoms with Gasteiger partial charge in [-0.05, 0) is 30.2 Å². The summed E-state index contributed by atoms with van der Waals surface area (Å²) < 4.78 is 2.08. The van der Waals surface area contributed by atoms with Gasteiger partial charge < -0.3 is 4.40 Å². The van der Waals surface area contributed by atoms with E-state index in [0.29, 0.717) is 0 Å². The summed E-state index contributed by atoms with van der Waals surface area (Å²) in [6, 6.07) is 23.8. The molecule has 0 amide bonds. The van der Waals surface area contributed by atoms with Crippen LogP contribution < -0.4 is 0 Å². The minimum atomic E-state index is 0.0676. The molecule has 4 rings (SSSR count). The molecular formula is C22H17NO. The van der Waals surface area contributed by atoms with E-state index in [1.807, 2.05) is 67.7 Å². The number of carbonyl (C=O) groups is 1. The molecule has 116 valence electrons. The molecule has 2 aromatic heterocycles. The Balaban J connectivity index is 1.81. The first-order valence-corrected chi connectivity index (χ1v) is 8.00. The topological polar surface area (TPSA) is 21.5 Å². The van der Waals surface area contributed by atoms with Gasteiger partial charge in [-0.15, -0.1) is 0 Å². The molecule has 0 fully saturated rings. The van der Waals surface area contributed by atoms with Crippen LogP contribution in [-0.4, -0.2) is 10.2 Å². The van der Waals surface area contributed by atoms with Crippen LogP contribution in [0.25, 0.3) is 16.6 Å². The van der Waals surface area contributed by atoms with E-state index < -0.39 is 0 Å². The van der Waals surface area contributed by atoms with E-state index in [1.165, 1.54) is 5.56 Å². The molecule has 0 N–H and O–H groups in total. The van der Waals surface area contributed by atoms with Gasteiger partial charge in [-0.3, -0.25) is 4.79 Å². The molecule has 4 aromatic rings.